The Morgan fingerprint density at radius 1 is 1.57 bits per heavy atom. The molecule has 2 rings (SSSR count). The average molecular weight is 315 g/mol. The summed E-state index contributed by atoms with van der Waals surface area (Å²) in [5.41, 5.74) is 5.51. The number of nitrogens with one attached hydrogen (secondary N) is 1. The topological polar surface area (TPSA) is 110 Å². The van der Waals surface area contributed by atoms with Crippen molar-refractivity contribution >= 4 is 21.7 Å². The van der Waals surface area contributed by atoms with Crippen LogP contribution in [0.4, 0.5) is 5.82 Å². The van der Waals surface area contributed by atoms with Crippen LogP contribution in [-0.2, 0) is 21.4 Å². The number of likely N-dealkylation sites (tertiary alicyclic amines) is 1. The van der Waals surface area contributed by atoms with E-state index >= 15 is 0 Å². The molecule has 1 aromatic heterocycles. The number of nitrogens with two attached hydrogens (primary N) is 1. The molecule has 1 saturated heterocycles. The molecule has 0 radical (unpaired) electrons. The highest BCUT2D eigenvalue weighted by Gasteiger charge is 2.24. The van der Waals surface area contributed by atoms with Gasteiger partial charge in [0.25, 0.3) is 0 Å². The molecule has 1 atom stereocenters. The number of anilines is 1. The molecule has 0 saturated carbocycles. The van der Waals surface area contributed by atoms with Crippen molar-refractivity contribution in [3.8, 4) is 0 Å². The van der Waals surface area contributed by atoms with Gasteiger partial charge in [-0.05, 0) is 24.8 Å². The van der Waals surface area contributed by atoms with Gasteiger partial charge in [-0.15, -0.1) is 0 Å². The van der Waals surface area contributed by atoms with Crippen LogP contribution in [0.2, 0.25) is 0 Å². The lowest BCUT2D eigenvalue weighted by atomic mass is 9.98. The number of nitrogen functional groups attached to an aromatic ring is 1. The third-order valence-corrected chi connectivity index (χ3v) is 4.16. The fourth-order valence-electron chi connectivity index (χ4n) is 2.43. The monoisotopic (exact) mass is 315 g/mol. The molecular weight excluding hydrogens is 294 g/mol. The number of hydrogen-bond acceptors (Lipinski definition) is 5. The predicted molar refractivity (Wildman–Crippen MR) is 78.8 cm³/mol. The van der Waals surface area contributed by atoms with Crippen molar-refractivity contribution in [2.45, 2.75) is 19.4 Å². The van der Waals surface area contributed by atoms with Gasteiger partial charge in [0, 0.05) is 25.8 Å². The number of aromatic nitrogens is 2. The summed E-state index contributed by atoms with van der Waals surface area (Å²) in [6, 6.07) is 1.64. The first-order chi connectivity index (χ1) is 9.83. The molecule has 8 nitrogen and oxygen atoms in total. The molecular formula is C12H21N5O3S. The van der Waals surface area contributed by atoms with E-state index in [1.54, 1.807) is 17.2 Å². The Kier molecular flexibility index (Phi) is 4.84. The van der Waals surface area contributed by atoms with Crippen LogP contribution < -0.4 is 10.5 Å². The highest BCUT2D eigenvalue weighted by molar-refractivity contribution is 7.88. The van der Waals surface area contributed by atoms with Gasteiger partial charge in [0.1, 0.15) is 12.4 Å². The number of nitrogens with zero attached hydrogens (tertiary/aromatic N) is 3. The van der Waals surface area contributed by atoms with Crippen LogP contribution in [0.3, 0.4) is 0 Å². The fourth-order valence-corrected chi connectivity index (χ4v) is 2.97. The van der Waals surface area contributed by atoms with Gasteiger partial charge in [-0.2, -0.15) is 5.10 Å². The number of sulfonamides is 1. The molecule has 1 unspecified atom stereocenters. The zero-order valence-corrected chi connectivity index (χ0v) is 12.8. The van der Waals surface area contributed by atoms with Crippen molar-refractivity contribution in [1.82, 2.24) is 19.4 Å². The molecule has 9 heteroatoms. The number of rotatable bonds is 5. The van der Waals surface area contributed by atoms with E-state index in [-0.39, 0.29) is 18.4 Å². The molecule has 0 spiro atoms. The summed E-state index contributed by atoms with van der Waals surface area (Å²) in [6.07, 6.45) is 4.60. The van der Waals surface area contributed by atoms with E-state index in [4.69, 9.17) is 5.73 Å². The Morgan fingerprint density at radius 3 is 2.95 bits per heavy atom. The maximum absolute atomic E-state index is 12.2. The van der Waals surface area contributed by atoms with Crippen LogP contribution in [0.5, 0.6) is 0 Å². The second kappa shape index (κ2) is 6.44. The minimum absolute atomic E-state index is 0.0258. The van der Waals surface area contributed by atoms with E-state index < -0.39 is 10.0 Å². The first-order valence-electron chi connectivity index (χ1n) is 6.85. The lowest BCUT2D eigenvalue weighted by molar-refractivity contribution is -0.133. The zero-order valence-electron chi connectivity index (χ0n) is 12.0. The van der Waals surface area contributed by atoms with E-state index in [1.165, 1.54) is 4.68 Å². The summed E-state index contributed by atoms with van der Waals surface area (Å²) < 4.78 is 26.2. The van der Waals surface area contributed by atoms with Crippen LogP contribution >= 0.6 is 0 Å². The highest BCUT2D eigenvalue weighted by atomic mass is 32.2. The van der Waals surface area contributed by atoms with E-state index in [9.17, 15) is 13.2 Å². The fraction of sp³-hybridized carbons (Fsp3) is 0.667. The number of hydrogen-bond donors (Lipinski definition) is 2. The van der Waals surface area contributed by atoms with Gasteiger partial charge in [-0.3, -0.25) is 9.48 Å². The SMILES string of the molecule is CS(=O)(=O)NCC1CCCN(C(=O)Cn2ccc(N)n2)C1. The first-order valence-corrected chi connectivity index (χ1v) is 8.74. The molecule has 0 aromatic carbocycles. The number of amides is 1. The Bertz CT molecular complexity index is 598. The summed E-state index contributed by atoms with van der Waals surface area (Å²) in [5.74, 6) is 0.513. The molecule has 21 heavy (non-hydrogen) atoms. The quantitative estimate of drug-likeness (QED) is 0.743. The van der Waals surface area contributed by atoms with E-state index in [0.29, 0.717) is 25.5 Å². The lowest BCUT2D eigenvalue weighted by Gasteiger charge is -2.32. The summed E-state index contributed by atoms with van der Waals surface area (Å²) in [6.45, 7) is 1.80. The normalized spacial score (nSPS) is 19.7. The second-order valence-electron chi connectivity index (χ2n) is 5.41. The Morgan fingerprint density at radius 2 is 2.33 bits per heavy atom. The van der Waals surface area contributed by atoms with Gasteiger partial charge in [0.15, 0.2) is 0 Å². The molecule has 1 aliphatic rings. The first kappa shape index (κ1) is 15.8. The highest BCUT2D eigenvalue weighted by Crippen LogP contribution is 2.16. The number of piperidine rings is 1. The van der Waals surface area contributed by atoms with Gasteiger partial charge in [-0.25, -0.2) is 13.1 Å². The minimum Gasteiger partial charge on any atom is -0.382 e. The number of carbonyl (C=O) groups is 1. The van der Waals surface area contributed by atoms with Gasteiger partial charge in [-0.1, -0.05) is 0 Å². The van der Waals surface area contributed by atoms with Crippen molar-refractivity contribution in [2.75, 3.05) is 31.6 Å². The summed E-state index contributed by atoms with van der Waals surface area (Å²) in [4.78, 5) is 14.0. The maximum atomic E-state index is 12.2. The Hall–Kier alpha value is -1.61. The average Bonchev–Trinajstić information content (AvgIpc) is 2.81. The largest absolute Gasteiger partial charge is 0.382 e. The molecule has 118 valence electrons. The molecule has 1 fully saturated rings. The third kappa shape index (κ3) is 5.01. The summed E-state index contributed by atoms with van der Waals surface area (Å²) in [5, 5.41) is 3.99. The van der Waals surface area contributed by atoms with Gasteiger partial charge in [0.2, 0.25) is 15.9 Å². The lowest BCUT2D eigenvalue weighted by Crippen LogP contribution is -2.44. The van der Waals surface area contributed by atoms with Crippen LogP contribution in [0.1, 0.15) is 12.8 Å². The van der Waals surface area contributed by atoms with Crippen LogP contribution in [0.25, 0.3) is 0 Å². The van der Waals surface area contributed by atoms with Gasteiger partial charge < -0.3 is 10.6 Å². The van der Waals surface area contributed by atoms with Crippen molar-refractivity contribution in [1.29, 1.82) is 0 Å². The standard InChI is InChI=1S/C12H21N5O3S/c1-21(19,20)14-7-10-3-2-5-16(8-10)12(18)9-17-6-4-11(13)15-17/h4,6,10,14H,2-3,5,7-9H2,1H3,(H2,13,15). The summed E-state index contributed by atoms with van der Waals surface area (Å²) >= 11 is 0. The molecule has 1 aliphatic heterocycles. The second-order valence-corrected chi connectivity index (χ2v) is 7.24. The van der Waals surface area contributed by atoms with Crippen molar-refractivity contribution in [3.05, 3.63) is 12.3 Å². The minimum atomic E-state index is -3.19. The van der Waals surface area contributed by atoms with Gasteiger partial charge in [0.05, 0.1) is 6.26 Å². The van der Waals surface area contributed by atoms with Crippen LogP contribution in [0.15, 0.2) is 12.3 Å². The van der Waals surface area contributed by atoms with Gasteiger partial charge >= 0.3 is 0 Å². The molecule has 3 N–H and O–H groups in total. The smallest absolute Gasteiger partial charge is 0.244 e. The molecule has 1 amide bonds. The Balaban J connectivity index is 1.86. The van der Waals surface area contributed by atoms with Crippen molar-refractivity contribution in [3.63, 3.8) is 0 Å². The molecule has 1 aromatic rings. The zero-order chi connectivity index (χ0) is 15.5. The van der Waals surface area contributed by atoms with Crippen LogP contribution in [-0.4, -0.2) is 54.9 Å². The predicted octanol–water partition coefficient (Wildman–Crippen LogP) is -0.747. The molecule has 0 aliphatic carbocycles. The number of carbonyl (C=O) groups excluding carboxylic acids is 1. The Labute approximate surface area is 124 Å². The molecule has 2 heterocycles. The van der Waals surface area contributed by atoms with Crippen LogP contribution in [0, 0.1) is 5.92 Å². The molecule has 0 bridgehead atoms. The van der Waals surface area contributed by atoms with E-state index in [1.807, 2.05) is 0 Å². The van der Waals surface area contributed by atoms with E-state index in [0.717, 1.165) is 19.1 Å². The third-order valence-electron chi connectivity index (χ3n) is 3.46. The van der Waals surface area contributed by atoms with Crippen molar-refractivity contribution < 1.29 is 13.2 Å². The summed E-state index contributed by atoms with van der Waals surface area (Å²) in [7, 11) is -3.19. The van der Waals surface area contributed by atoms with Crippen molar-refractivity contribution in [2.24, 2.45) is 5.92 Å². The maximum Gasteiger partial charge on any atom is 0.244 e. The van der Waals surface area contributed by atoms with E-state index in [2.05, 4.69) is 9.82 Å².